The van der Waals surface area contributed by atoms with Crippen molar-refractivity contribution < 1.29 is 19.4 Å². The number of carbonyl (C=O) groups excluding carboxylic acids is 1. The van der Waals surface area contributed by atoms with E-state index in [1.165, 1.54) is 0 Å². The van der Waals surface area contributed by atoms with E-state index < -0.39 is 5.97 Å². The van der Waals surface area contributed by atoms with Crippen molar-refractivity contribution >= 4 is 23.6 Å². The zero-order valence-electron chi connectivity index (χ0n) is 15.6. The Morgan fingerprint density at radius 2 is 1.85 bits per heavy atom. The molecular weight excluding hydrogens is 362 g/mol. The normalized spacial score (nSPS) is 11.6. The fraction of sp³-hybridized carbons (Fsp3) is 0.333. The third-order valence-electron chi connectivity index (χ3n) is 4.08. The van der Waals surface area contributed by atoms with Crippen molar-refractivity contribution in [2.45, 2.75) is 24.7 Å². The standard InChI is InChI=1S/C21H25NO4S/c1-15(14-27-19-6-4-3-5-18(19)26-2)13-22-20(23)12-9-16-7-10-17(11-8-16)21(24)25/h3-8,10-11,15H,9,12-14H2,1-2H3,(H,22,23)(H,24,25). The van der Waals surface area contributed by atoms with Gasteiger partial charge >= 0.3 is 5.97 Å². The first kappa shape index (κ1) is 20.8. The maximum Gasteiger partial charge on any atom is 0.335 e. The maximum atomic E-state index is 12.0. The van der Waals surface area contributed by atoms with E-state index in [0.29, 0.717) is 25.3 Å². The highest BCUT2D eigenvalue weighted by Gasteiger charge is 2.09. The molecule has 6 heteroatoms. The number of methoxy groups -OCH3 is 1. The highest BCUT2D eigenvalue weighted by molar-refractivity contribution is 7.99. The number of carbonyl (C=O) groups is 2. The van der Waals surface area contributed by atoms with Crippen LogP contribution < -0.4 is 10.1 Å². The van der Waals surface area contributed by atoms with Crippen LogP contribution in [0.3, 0.4) is 0 Å². The van der Waals surface area contributed by atoms with Crippen LogP contribution in [0.2, 0.25) is 0 Å². The van der Waals surface area contributed by atoms with Crippen molar-refractivity contribution in [1.29, 1.82) is 0 Å². The molecule has 5 nitrogen and oxygen atoms in total. The molecule has 2 rings (SSSR count). The Kier molecular flexibility index (Phi) is 8.20. The average Bonchev–Trinajstić information content (AvgIpc) is 2.69. The van der Waals surface area contributed by atoms with E-state index in [1.807, 2.05) is 24.3 Å². The van der Waals surface area contributed by atoms with Crippen molar-refractivity contribution in [1.82, 2.24) is 5.32 Å². The molecule has 27 heavy (non-hydrogen) atoms. The second-order valence-electron chi connectivity index (χ2n) is 6.37. The Hall–Kier alpha value is -2.47. The third kappa shape index (κ3) is 6.98. The molecule has 0 spiro atoms. The molecule has 0 saturated heterocycles. The quantitative estimate of drug-likeness (QED) is 0.605. The molecule has 1 amide bonds. The van der Waals surface area contributed by atoms with Crippen LogP contribution in [0.4, 0.5) is 0 Å². The number of aryl methyl sites for hydroxylation is 1. The molecule has 0 fully saturated rings. The van der Waals surface area contributed by atoms with Crippen molar-refractivity contribution in [3.63, 3.8) is 0 Å². The Morgan fingerprint density at radius 1 is 1.15 bits per heavy atom. The summed E-state index contributed by atoms with van der Waals surface area (Å²) in [7, 11) is 1.66. The number of amides is 1. The number of aromatic carboxylic acids is 1. The first-order valence-corrected chi connectivity index (χ1v) is 9.83. The van der Waals surface area contributed by atoms with Gasteiger partial charge in [0.25, 0.3) is 0 Å². The maximum absolute atomic E-state index is 12.0. The van der Waals surface area contributed by atoms with Crippen LogP contribution in [-0.2, 0) is 11.2 Å². The minimum atomic E-state index is -0.945. The lowest BCUT2D eigenvalue weighted by Crippen LogP contribution is -2.29. The predicted molar refractivity (Wildman–Crippen MR) is 108 cm³/mol. The summed E-state index contributed by atoms with van der Waals surface area (Å²) >= 11 is 1.72. The molecule has 144 valence electrons. The highest BCUT2D eigenvalue weighted by Crippen LogP contribution is 2.29. The fourth-order valence-electron chi connectivity index (χ4n) is 2.48. The van der Waals surface area contributed by atoms with E-state index in [0.717, 1.165) is 22.0 Å². The SMILES string of the molecule is COc1ccccc1SCC(C)CNC(=O)CCc1ccc(C(=O)O)cc1. The summed E-state index contributed by atoms with van der Waals surface area (Å²) in [5.74, 6) is 1.15. The van der Waals surface area contributed by atoms with Crippen LogP contribution in [0.1, 0.15) is 29.3 Å². The lowest BCUT2D eigenvalue weighted by Gasteiger charge is -2.14. The van der Waals surface area contributed by atoms with Crippen molar-refractivity contribution in [3.05, 3.63) is 59.7 Å². The zero-order valence-corrected chi connectivity index (χ0v) is 16.4. The zero-order chi connectivity index (χ0) is 19.6. The highest BCUT2D eigenvalue weighted by atomic mass is 32.2. The van der Waals surface area contributed by atoms with E-state index in [2.05, 4.69) is 12.2 Å². The van der Waals surface area contributed by atoms with Gasteiger partial charge in [-0.2, -0.15) is 0 Å². The first-order valence-electron chi connectivity index (χ1n) is 8.84. The molecular formula is C21H25NO4S. The van der Waals surface area contributed by atoms with Crippen LogP contribution in [0.5, 0.6) is 5.75 Å². The number of para-hydroxylation sites is 1. The summed E-state index contributed by atoms with van der Waals surface area (Å²) in [4.78, 5) is 24.0. The van der Waals surface area contributed by atoms with Gasteiger partial charge in [-0.3, -0.25) is 4.79 Å². The van der Waals surface area contributed by atoms with Gasteiger partial charge < -0.3 is 15.2 Å². The Bertz CT molecular complexity index is 761. The van der Waals surface area contributed by atoms with Crippen LogP contribution >= 0.6 is 11.8 Å². The summed E-state index contributed by atoms with van der Waals surface area (Å²) in [6, 6.07) is 14.5. The van der Waals surface area contributed by atoms with Gasteiger partial charge in [-0.1, -0.05) is 31.2 Å². The molecule has 0 bridgehead atoms. The molecule has 0 aliphatic carbocycles. The predicted octanol–water partition coefficient (Wildman–Crippen LogP) is 3.87. The van der Waals surface area contributed by atoms with Crippen molar-refractivity contribution in [3.8, 4) is 5.75 Å². The van der Waals surface area contributed by atoms with Crippen LogP contribution in [0, 0.1) is 5.92 Å². The molecule has 2 aromatic carbocycles. The fourth-order valence-corrected chi connectivity index (χ4v) is 3.53. The van der Waals surface area contributed by atoms with Gasteiger partial charge in [0.1, 0.15) is 5.75 Å². The summed E-state index contributed by atoms with van der Waals surface area (Å²) in [6.07, 6.45) is 0.981. The van der Waals surface area contributed by atoms with Crippen LogP contribution in [-0.4, -0.2) is 36.4 Å². The van der Waals surface area contributed by atoms with Gasteiger partial charge in [0, 0.05) is 23.6 Å². The molecule has 2 aromatic rings. The molecule has 0 aliphatic heterocycles. The number of thioether (sulfide) groups is 1. The molecule has 1 atom stereocenters. The topological polar surface area (TPSA) is 75.6 Å². The molecule has 0 heterocycles. The van der Waals surface area contributed by atoms with E-state index in [-0.39, 0.29) is 11.5 Å². The van der Waals surface area contributed by atoms with E-state index in [4.69, 9.17) is 9.84 Å². The van der Waals surface area contributed by atoms with Gasteiger partial charge in [-0.15, -0.1) is 11.8 Å². The summed E-state index contributed by atoms with van der Waals surface area (Å²) < 4.78 is 5.35. The molecule has 1 unspecified atom stereocenters. The second-order valence-corrected chi connectivity index (χ2v) is 7.44. The number of nitrogens with one attached hydrogen (secondary N) is 1. The number of ether oxygens (including phenoxy) is 1. The van der Waals surface area contributed by atoms with Gasteiger partial charge in [-0.05, 0) is 42.2 Å². The molecule has 0 aliphatic rings. The largest absolute Gasteiger partial charge is 0.496 e. The van der Waals surface area contributed by atoms with E-state index in [1.54, 1.807) is 43.1 Å². The van der Waals surface area contributed by atoms with Crippen LogP contribution in [0.15, 0.2) is 53.4 Å². The molecule has 0 radical (unpaired) electrons. The smallest absolute Gasteiger partial charge is 0.335 e. The lowest BCUT2D eigenvalue weighted by molar-refractivity contribution is -0.121. The number of hydrogen-bond acceptors (Lipinski definition) is 4. The lowest BCUT2D eigenvalue weighted by atomic mass is 10.1. The van der Waals surface area contributed by atoms with Crippen molar-refractivity contribution in [2.24, 2.45) is 5.92 Å². The Morgan fingerprint density at radius 3 is 2.52 bits per heavy atom. The number of rotatable bonds is 10. The Labute approximate surface area is 164 Å². The van der Waals surface area contributed by atoms with Crippen LogP contribution in [0.25, 0.3) is 0 Å². The van der Waals surface area contributed by atoms with Gasteiger partial charge in [0.2, 0.25) is 5.91 Å². The number of benzene rings is 2. The third-order valence-corrected chi connectivity index (χ3v) is 5.47. The van der Waals surface area contributed by atoms with Gasteiger partial charge in [0.15, 0.2) is 0 Å². The second kappa shape index (κ2) is 10.6. The molecule has 2 N–H and O–H groups in total. The van der Waals surface area contributed by atoms with Gasteiger partial charge in [0.05, 0.1) is 12.7 Å². The number of hydrogen-bond donors (Lipinski definition) is 2. The first-order chi connectivity index (χ1) is 13.0. The summed E-state index contributed by atoms with van der Waals surface area (Å²) in [6.45, 7) is 2.73. The van der Waals surface area contributed by atoms with E-state index >= 15 is 0 Å². The van der Waals surface area contributed by atoms with Gasteiger partial charge in [-0.25, -0.2) is 4.79 Å². The monoisotopic (exact) mass is 387 g/mol. The van der Waals surface area contributed by atoms with Crippen molar-refractivity contribution in [2.75, 3.05) is 19.4 Å². The molecule has 0 saturated carbocycles. The minimum absolute atomic E-state index is 0.00597. The molecule has 0 aromatic heterocycles. The minimum Gasteiger partial charge on any atom is -0.496 e. The Balaban J connectivity index is 1.69. The summed E-state index contributed by atoms with van der Waals surface area (Å²) in [5.41, 5.74) is 1.21. The van der Waals surface area contributed by atoms with E-state index in [9.17, 15) is 9.59 Å². The summed E-state index contributed by atoms with van der Waals surface area (Å²) in [5, 5.41) is 11.9. The average molecular weight is 388 g/mol. The number of carboxylic acids is 1. The number of carboxylic acid groups (broad SMARTS) is 1.